The van der Waals surface area contributed by atoms with E-state index in [1.54, 1.807) is 0 Å². The zero-order chi connectivity index (χ0) is 34.6. The molecule has 0 saturated heterocycles. The Labute approximate surface area is 299 Å². The average Bonchev–Trinajstić information content (AvgIpc) is 3.75. The van der Waals surface area contributed by atoms with Gasteiger partial charge < -0.3 is 9.13 Å². The van der Waals surface area contributed by atoms with Gasteiger partial charge >= 0.3 is 0 Å². The van der Waals surface area contributed by atoms with E-state index in [0.717, 1.165) is 56.2 Å². The molecule has 0 bridgehead atoms. The molecule has 6 aromatic carbocycles. The summed E-state index contributed by atoms with van der Waals surface area (Å²) in [5.41, 5.74) is 12.8. The number of benzene rings is 6. The maximum Gasteiger partial charge on any atom is 0.0991 e. The van der Waals surface area contributed by atoms with E-state index in [2.05, 4.69) is 143 Å². The van der Waals surface area contributed by atoms with Gasteiger partial charge in [-0.15, -0.1) is 0 Å². The monoisotopic (exact) mass is 663 g/mol. The summed E-state index contributed by atoms with van der Waals surface area (Å²) in [7, 11) is 0. The SMILES string of the molecule is N#Cc1ccc(-c2cc(-c3ccc(-n4c5ccccc5c5ccc6c7ccccc7n(-c7ccccc7)c6c54)cn3)cc(-c3ccccc3)n2)cc1. The summed E-state index contributed by atoms with van der Waals surface area (Å²) >= 11 is 0. The molecule has 0 fully saturated rings. The van der Waals surface area contributed by atoms with Crippen molar-refractivity contribution in [2.24, 2.45) is 0 Å². The summed E-state index contributed by atoms with van der Waals surface area (Å²) in [6.45, 7) is 0. The van der Waals surface area contributed by atoms with Crippen molar-refractivity contribution in [2.75, 3.05) is 0 Å². The fourth-order valence-corrected chi connectivity index (χ4v) is 7.60. The van der Waals surface area contributed by atoms with Gasteiger partial charge in [0.25, 0.3) is 0 Å². The number of hydrogen-bond acceptors (Lipinski definition) is 3. The number of rotatable bonds is 5. The van der Waals surface area contributed by atoms with Gasteiger partial charge in [0.1, 0.15) is 0 Å². The summed E-state index contributed by atoms with van der Waals surface area (Å²) in [6.07, 6.45) is 1.99. The van der Waals surface area contributed by atoms with Crippen molar-refractivity contribution in [3.63, 3.8) is 0 Å². The zero-order valence-corrected chi connectivity index (χ0v) is 28.0. The van der Waals surface area contributed by atoms with Crippen molar-refractivity contribution in [2.45, 2.75) is 0 Å². The first kappa shape index (κ1) is 29.6. The molecule has 4 heterocycles. The molecule has 0 aliphatic heterocycles. The Kier molecular flexibility index (Phi) is 6.80. The van der Waals surface area contributed by atoms with E-state index < -0.39 is 0 Å². The number of fused-ring (bicyclic) bond motifs is 7. The minimum absolute atomic E-state index is 0.618. The maximum absolute atomic E-state index is 9.37. The van der Waals surface area contributed by atoms with Gasteiger partial charge in [-0.1, -0.05) is 109 Å². The molecule has 0 spiro atoms. The first-order valence-corrected chi connectivity index (χ1v) is 17.3. The van der Waals surface area contributed by atoms with Crippen LogP contribution in [0.5, 0.6) is 0 Å². The lowest BCUT2D eigenvalue weighted by atomic mass is 10.0. The standard InChI is InChI=1S/C47H29N5/c48-29-31-19-21-33(22-20-31)43-28-34(27-42(50-43)32-11-3-1-4-12-32)41-26-23-36(30-49-41)52-45-18-10-8-16-38(45)40-25-24-39-37-15-7-9-17-44(37)51(46(39)47(40)52)35-13-5-2-6-14-35/h1-28,30H. The molecule has 0 N–H and O–H groups in total. The minimum atomic E-state index is 0.618. The van der Waals surface area contributed by atoms with Gasteiger partial charge in [0.2, 0.25) is 0 Å². The molecule has 0 unspecified atom stereocenters. The second kappa shape index (κ2) is 11.9. The second-order valence-corrected chi connectivity index (χ2v) is 13.0. The van der Waals surface area contributed by atoms with Crippen molar-refractivity contribution >= 4 is 43.6 Å². The second-order valence-electron chi connectivity index (χ2n) is 13.0. The van der Waals surface area contributed by atoms with E-state index >= 15 is 0 Å². The fraction of sp³-hybridized carbons (Fsp3) is 0. The van der Waals surface area contributed by atoms with Crippen molar-refractivity contribution in [1.82, 2.24) is 19.1 Å². The highest BCUT2D eigenvalue weighted by molar-refractivity contribution is 6.23. The lowest BCUT2D eigenvalue weighted by molar-refractivity contribution is 1.13. The molecule has 242 valence electrons. The van der Waals surface area contributed by atoms with Crippen molar-refractivity contribution in [3.05, 3.63) is 182 Å². The summed E-state index contributed by atoms with van der Waals surface area (Å²) < 4.78 is 4.77. The van der Waals surface area contributed by atoms with Crippen molar-refractivity contribution < 1.29 is 0 Å². The van der Waals surface area contributed by atoms with Crippen LogP contribution in [0.15, 0.2) is 176 Å². The highest BCUT2D eigenvalue weighted by Gasteiger charge is 2.21. The van der Waals surface area contributed by atoms with Gasteiger partial charge in [-0.3, -0.25) is 4.98 Å². The highest BCUT2D eigenvalue weighted by Crippen LogP contribution is 2.41. The van der Waals surface area contributed by atoms with Gasteiger partial charge in [-0.05, 0) is 60.7 Å². The molecule has 0 atom stereocenters. The largest absolute Gasteiger partial charge is 0.307 e. The summed E-state index contributed by atoms with van der Waals surface area (Å²) in [5, 5.41) is 14.2. The Morgan fingerprint density at radius 2 is 0.962 bits per heavy atom. The molecule has 0 amide bonds. The lowest BCUT2D eigenvalue weighted by Gasteiger charge is -2.13. The van der Waals surface area contributed by atoms with Crippen LogP contribution >= 0.6 is 0 Å². The van der Waals surface area contributed by atoms with E-state index in [9.17, 15) is 5.26 Å². The molecule has 10 aromatic rings. The predicted molar refractivity (Wildman–Crippen MR) is 212 cm³/mol. The number of para-hydroxylation sites is 3. The molecule has 0 aliphatic rings. The quantitative estimate of drug-likeness (QED) is 0.184. The summed E-state index contributed by atoms with van der Waals surface area (Å²) in [5.74, 6) is 0. The fourth-order valence-electron chi connectivity index (χ4n) is 7.60. The predicted octanol–water partition coefficient (Wildman–Crippen LogP) is 11.5. The van der Waals surface area contributed by atoms with Crippen LogP contribution in [0.1, 0.15) is 5.56 Å². The smallest absolute Gasteiger partial charge is 0.0991 e. The van der Waals surface area contributed by atoms with Gasteiger partial charge in [-0.2, -0.15) is 5.26 Å². The number of aromatic nitrogens is 4. The third kappa shape index (κ3) is 4.70. The molecule has 5 nitrogen and oxygen atoms in total. The van der Waals surface area contributed by atoms with E-state index in [0.29, 0.717) is 5.56 Å². The molecule has 4 aromatic heterocycles. The molecule has 5 heteroatoms. The Balaban J connectivity index is 1.19. The van der Waals surface area contributed by atoms with Gasteiger partial charge in [-0.25, -0.2) is 4.98 Å². The van der Waals surface area contributed by atoms with Crippen LogP contribution in [0.2, 0.25) is 0 Å². The van der Waals surface area contributed by atoms with Crippen LogP contribution in [0, 0.1) is 11.3 Å². The molecular formula is C47H29N5. The molecular weight excluding hydrogens is 635 g/mol. The zero-order valence-electron chi connectivity index (χ0n) is 28.0. The maximum atomic E-state index is 9.37. The number of nitriles is 1. The van der Waals surface area contributed by atoms with Crippen LogP contribution in [0.4, 0.5) is 0 Å². The van der Waals surface area contributed by atoms with E-state index in [1.807, 2.05) is 48.7 Å². The minimum Gasteiger partial charge on any atom is -0.307 e. The van der Waals surface area contributed by atoms with Gasteiger partial charge in [0.05, 0.1) is 62.7 Å². The van der Waals surface area contributed by atoms with E-state index in [4.69, 9.17) is 9.97 Å². The Bertz CT molecular complexity index is 2990. The first-order valence-electron chi connectivity index (χ1n) is 17.3. The Morgan fingerprint density at radius 1 is 0.423 bits per heavy atom. The molecule has 52 heavy (non-hydrogen) atoms. The third-order valence-electron chi connectivity index (χ3n) is 9.99. The van der Waals surface area contributed by atoms with Crippen molar-refractivity contribution in [1.29, 1.82) is 5.26 Å². The number of hydrogen-bond donors (Lipinski definition) is 0. The molecule has 0 aliphatic carbocycles. The topological polar surface area (TPSA) is 59.4 Å². The summed E-state index contributed by atoms with van der Waals surface area (Å²) in [4.78, 5) is 10.2. The van der Waals surface area contributed by atoms with Gasteiger partial charge in [0.15, 0.2) is 0 Å². The Hall–Kier alpha value is -7.29. The molecule has 0 saturated carbocycles. The number of nitrogens with zero attached hydrogens (tertiary/aromatic N) is 5. The lowest BCUT2D eigenvalue weighted by Crippen LogP contribution is -1.99. The van der Waals surface area contributed by atoms with Crippen LogP contribution in [0.25, 0.3) is 88.8 Å². The summed E-state index contributed by atoms with van der Waals surface area (Å²) in [6, 6.07) is 60.9. The van der Waals surface area contributed by atoms with E-state index in [1.165, 1.54) is 32.6 Å². The van der Waals surface area contributed by atoms with Crippen LogP contribution in [0.3, 0.4) is 0 Å². The molecule has 0 radical (unpaired) electrons. The highest BCUT2D eigenvalue weighted by atomic mass is 15.0. The van der Waals surface area contributed by atoms with Gasteiger partial charge in [0, 0.05) is 43.9 Å². The first-order chi connectivity index (χ1) is 25.7. The van der Waals surface area contributed by atoms with Crippen LogP contribution < -0.4 is 0 Å². The van der Waals surface area contributed by atoms with Crippen LogP contribution in [-0.2, 0) is 0 Å². The van der Waals surface area contributed by atoms with Crippen molar-refractivity contribution in [3.8, 4) is 51.2 Å². The average molecular weight is 664 g/mol. The molecule has 10 rings (SSSR count). The normalized spacial score (nSPS) is 11.4. The van der Waals surface area contributed by atoms with Crippen LogP contribution in [-0.4, -0.2) is 19.1 Å². The number of pyridine rings is 2. The van der Waals surface area contributed by atoms with E-state index in [-0.39, 0.29) is 0 Å². The Morgan fingerprint density at radius 3 is 1.54 bits per heavy atom. The third-order valence-corrected chi connectivity index (χ3v) is 9.99.